The minimum absolute atomic E-state index is 0.00612. The van der Waals surface area contributed by atoms with Gasteiger partial charge in [0.1, 0.15) is 17.1 Å². The molecule has 2 rings (SSSR count). The fourth-order valence-electron chi connectivity index (χ4n) is 1.86. The van der Waals surface area contributed by atoms with Gasteiger partial charge in [-0.3, -0.25) is 0 Å². The molecule has 0 fully saturated rings. The first kappa shape index (κ1) is 13.5. The van der Waals surface area contributed by atoms with E-state index in [4.69, 9.17) is 11.7 Å². The van der Waals surface area contributed by atoms with Crippen LogP contribution in [-0.4, -0.2) is 15.6 Å². The van der Waals surface area contributed by atoms with Crippen molar-refractivity contribution in [1.82, 2.24) is 4.57 Å². The van der Waals surface area contributed by atoms with Crippen molar-refractivity contribution in [2.45, 2.75) is 6.92 Å². The predicted molar refractivity (Wildman–Crippen MR) is 70.0 cm³/mol. The maximum atomic E-state index is 12.9. The third-order valence-corrected chi connectivity index (χ3v) is 2.78. The first-order chi connectivity index (χ1) is 9.45. The molecule has 0 aliphatic rings. The smallest absolute Gasteiger partial charge is 0.343 e. The maximum absolute atomic E-state index is 12.9. The van der Waals surface area contributed by atoms with E-state index in [1.807, 2.05) is 0 Å². The zero-order valence-corrected chi connectivity index (χ0v) is 10.4. The van der Waals surface area contributed by atoms with Gasteiger partial charge in [0.25, 0.3) is 0 Å². The molecule has 0 unspecified atom stereocenters. The van der Waals surface area contributed by atoms with Gasteiger partial charge in [0.05, 0.1) is 0 Å². The summed E-state index contributed by atoms with van der Waals surface area (Å²) in [5, 5.41) is 9.02. The Bertz CT molecular complexity index is 786. The molecule has 5 nitrogen and oxygen atoms in total. The second-order valence-electron chi connectivity index (χ2n) is 4.10. The molecular formula is C14H9FN2O3. The van der Waals surface area contributed by atoms with Crippen LogP contribution in [0.1, 0.15) is 15.9 Å². The molecule has 0 aliphatic heterocycles. The fourth-order valence-corrected chi connectivity index (χ4v) is 1.86. The van der Waals surface area contributed by atoms with Crippen LogP contribution in [0.5, 0.6) is 0 Å². The molecular weight excluding hydrogens is 263 g/mol. The van der Waals surface area contributed by atoms with Gasteiger partial charge in [-0.2, -0.15) is 0 Å². The number of hydrogen-bond donors (Lipinski definition) is 1. The zero-order valence-electron chi connectivity index (χ0n) is 10.4. The Balaban J connectivity index is 2.86. The number of carboxylic acids is 1. The van der Waals surface area contributed by atoms with Gasteiger partial charge in [-0.05, 0) is 42.8 Å². The summed E-state index contributed by atoms with van der Waals surface area (Å²) in [4.78, 5) is 26.5. The van der Waals surface area contributed by atoms with Gasteiger partial charge < -0.3 is 9.95 Å². The minimum Gasteiger partial charge on any atom is -0.477 e. The largest absolute Gasteiger partial charge is 0.477 e. The quantitative estimate of drug-likeness (QED) is 0.854. The summed E-state index contributed by atoms with van der Waals surface area (Å²) in [6.45, 7) is 8.68. The monoisotopic (exact) mass is 272 g/mol. The second kappa shape index (κ2) is 4.97. The zero-order chi connectivity index (χ0) is 14.9. The van der Waals surface area contributed by atoms with Gasteiger partial charge in [0.15, 0.2) is 0 Å². The molecule has 1 aromatic heterocycles. The van der Waals surface area contributed by atoms with E-state index in [-0.39, 0.29) is 11.5 Å². The molecule has 1 heterocycles. The van der Waals surface area contributed by atoms with Crippen molar-refractivity contribution in [3.63, 3.8) is 0 Å². The number of rotatable bonds is 2. The number of benzene rings is 1. The number of nitrogens with zero attached hydrogens (tertiary/aromatic N) is 2. The Hall–Kier alpha value is -2.94. The molecule has 0 saturated carbocycles. The average molecular weight is 272 g/mol. The van der Waals surface area contributed by atoms with Crippen LogP contribution in [0.3, 0.4) is 0 Å². The van der Waals surface area contributed by atoms with Gasteiger partial charge in [-0.15, -0.1) is 0 Å². The standard InChI is InChI=1S/C14H9FN2O3/c1-8-7-11(14(19)20)13(18)17(12(8)16-2)10-5-3-9(15)4-6-10/h3-7H,1H3,(H,19,20). The molecule has 0 amide bonds. The van der Waals surface area contributed by atoms with Crippen LogP contribution < -0.4 is 5.56 Å². The summed E-state index contributed by atoms with van der Waals surface area (Å²) in [5.41, 5.74) is -0.644. The van der Waals surface area contributed by atoms with Crippen molar-refractivity contribution in [3.05, 3.63) is 69.0 Å². The number of aromatic nitrogens is 1. The summed E-state index contributed by atoms with van der Waals surface area (Å²) in [6.07, 6.45) is 0. The Labute approximate surface area is 113 Å². The van der Waals surface area contributed by atoms with Crippen molar-refractivity contribution >= 4 is 11.8 Å². The summed E-state index contributed by atoms with van der Waals surface area (Å²) in [7, 11) is 0. The minimum atomic E-state index is -1.37. The van der Waals surface area contributed by atoms with Crippen LogP contribution in [0, 0.1) is 19.3 Å². The van der Waals surface area contributed by atoms with Gasteiger partial charge in [0.2, 0.25) is 5.82 Å². The van der Waals surface area contributed by atoms with E-state index < -0.39 is 22.9 Å². The Morgan fingerprint density at radius 2 is 1.95 bits per heavy atom. The summed E-state index contributed by atoms with van der Waals surface area (Å²) in [5.74, 6) is -1.85. The van der Waals surface area contributed by atoms with Crippen LogP contribution in [0.4, 0.5) is 10.2 Å². The number of pyridine rings is 1. The maximum Gasteiger partial charge on any atom is 0.343 e. The van der Waals surface area contributed by atoms with E-state index in [2.05, 4.69) is 4.85 Å². The predicted octanol–water partition coefficient (Wildman–Crippen LogP) is 2.53. The normalized spacial score (nSPS) is 10.1. The van der Waals surface area contributed by atoms with Crippen molar-refractivity contribution in [3.8, 4) is 5.69 Å². The molecule has 100 valence electrons. The van der Waals surface area contributed by atoms with Crippen LogP contribution in [0.25, 0.3) is 10.5 Å². The molecule has 0 spiro atoms. The topological polar surface area (TPSA) is 63.7 Å². The Kier molecular flexibility index (Phi) is 3.36. The lowest BCUT2D eigenvalue weighted by molar-refractivity contribution is 0.0694. The number of carbonyl (C=O) groups is 1. The molecule has 0 radical (unpaired) electrons. The summed E-state index contributed by atoms with van der Waals surface area (Å²) >= 11 is 0. The van der Waals surface area contributed by atoms with E-state index in [1.54, 1.807) is 6.92 Å². The molecule has 0 saturated heterocycles. The number of halogens is 1. The number of aryl methyl sites for hydroxylation is 1. The number of carboxylic acid groups (broad SMARTS) is 1. The highest BCUT2D eigenvalue weighted by Crippen LogP contribution is 2.22. The highest BCUT2D eigenvalue weighted by molar-refractivity contribution is 5.88. The van der Waals surface area contributed by atoms with Crippen LogP contribution in [0.2, 0.25) is 0 Å². The number of aromatic carboxylic acids is 1. The van der Waals surface area contributed by atoms with E-state index >= 15 is 0 Å². The SMILES string of the molecule is [C-]#[N+]c1c(C)cc(C(=O)O)c(=O)n1-c1ccc(F)cc1. The second-order valence-corrected chi connectivity index (χ2v) is 4.10. The first-order valence-electron chi connectivity index (χ1n) is 5.59. The van der Waals surface area contributed by atoms with Gasteiger partial charge in [-0.25, -0.2) is 18.5 Å². The fraction of sp³-hybridized carbons (Fsp3) is 0.0714. The van der Waals surface area contributed by atoms with E-state index in [0.29, 0.717) is 5.56 Å². The molecule has 0 atom stereocenters. The molecule has 6 heteroatoms. The first-order valence-corrected chi connectivity index (χ1v) is 5.59. The molecule has 2 aromatic rings. The van der Waals surface area contributed by atoms with Crippen LogP contribution in [-0.2, 0) is 0 Å². The summed E-state index contributed by atoms with van der Waals surface area (Å²) in [6, 6.07) is 6.07. The average Bonchev–Trinajstić information content (AvgIpc) is 2.41. The Morgan fingerprint density at radius 1 is 1.35 bits per heavy atom. The lowest BCUT2D eigenvalue weighted by atomic mass is 10.1. The lowest BCUT2D eigenvalue weighted by Gasteiger charge is -2.09. The number of hydrogen-bond acceptors (Lipinski definition) is 2. The van der Waals surface area contributed by atoms with Crippen molar-refractivity contribution in [2.24, 2.45) is 0 Å². The van der Waals surface area contributed by atoms with E-state index in [0.717, 1.165) is 22.8 Å². The molecule has 0 bridgehead atoms. The molecule has 0 aliphatic carbocycles. The Morgan fingerprint density at radius 3 is 2.45 bits per heavy atom. The van der Waals surface area contributed by atoms with Crippen molar-refractivity contribution in [1.29, 1.82) is 0 Å². The molecule has 20 heavy (non-hydrogen) atoms. The van der Waals surface area contributed by atoms with E-state index in [1.165, 1.54) is 12.1 Å². The lowest BCUT2D eigenvalue weighted by Crippen LogP contribution is -2.25. The molecule has 1 aromatic carbocycles. The van der Waals surface area contributed by atoms with Gasteiger partial charge >= 0.3 is 11.5 Å². The summed E-state index contributed by atoms with van der Waals surface area (Å²) < 4.78 is 13.9. The van der Waals surface area contributed by atoms with Crippen LogP contribution >= 0.6 is 0 Å². The van der Waals surface area contributed by atoms with Crippen LogP contribution in [0.15, 0.2) is 35.1 Å². The highest BCUT2D eigenvalue weighted by Gasteiger charge is 2.20. The van der Waals surface area contributed by atoms with E-state index in [9.17, 15) is 14.0 Å². The van der Waals surface area contributed by atoms with Gasteiger partial charge in [0, 0.05) is 0 Å². The third kappa shape index (κ3) is 2.17. The van der Waals surface area contributed by atoms with Gasteiger partial charge in [-0.1, -0.05) is 6.57 Å². The highest BCUT2D eigenvalue weighted by atomic mass is 19.1. The molecule has 1 N–H and O–H groups in total. The van der Waals surface area contributed by atoms with Crippen molar-refractivity contribution in [2.75, 3.05) is 0 Å². The third-order valence-electron chi connectivity index (χ3n) is 2.78. The van der Waals surface area contributed by atoms with Crippen molar-refractivity contribution < 1.29 is 14.3 Å².